The van der Waals surface area contributed by atoms with Gasteiger partial charge >= 0.3 is 0 Å². The van der Waals surface area contributed by atoms with Gasteiger partial charge in [-0.05, 0) is 12.3 Å². The smallest absolute Gasteiger partial charge is 0.208 e. The summed E-state index contributed by atoms with van der Waals surface area (Å²) in [6, 6.07) is 0. The van der Waals surface area contributed by atoms with Crippen LogP contribution in [0.25, 0.3) is 0 Å². The normalized spacial score (nSPS) is 12.9. The quantitative estimate of drug-likeness (QED) is 0.290. The fourth-order valence-electron chi connectivity index (χ4n) is 1.21. The average Bonchev–Trinajstić information content (AvgIpc) is 1.96. The summed E-state index contributed by atoms with van der Waals surface area (Å²) < 4.78 is 0. The molecule has 13 heavy (non-hydrogen) atoms. The van der Waals surface area contributed by atoms with E-state index in [1.54, 1.807) is 0 Å². The summed E-state index contributed by atoms with van der Waals surface area (Å²) in [5.41, 5.74) is 2.85. The second-order valence-electron chi connectivity index (χ2n) is 4.36. The van der Waals surface area contributed by atoms with Crippen LogP contribution >= 0.6 is 0 Å². The van der Waals surface area contributed by atoms with E-state index in [2.05, 4.69) is 31.2 Å². The fraction of sp³-hybridized carbons (Fsp3) is 0.889. The molecule has 0 atom stereocenters. The van der Waals surface area contributed by atoms with E-state index in [9.17, 15) is 0 Å². The van der Waals surface area contributed by atoms with Gasteiger partial charge in [0.15, 0.2) is 0 Å². The summed E-state index contributed by atoms with van der Waals surface area (Å²) in [6.07, 6.45) is 0. The molecule has 0 heterocycles. The second-order valence-corrected chi connectivity index (χ2v) is 4.36. The minimum Gasteiger partial charge on any atom is -0.344 e. The molecule has 0 fully saturated rings. The molecule has 0 saturated carbocycles. The van der Waals surface area contributed by atoms with Gasteiger partial charge in [0.2, 0.25) is 5.96 Å². The standard InChI is InChI=1S/C9H22N4/c1-6-11-8(12-10)13(5)7-9(2,3)4/h6-7,10H2,1-5H3,(H,11,12). The van der Waals surface area contributed by atoms with Crippen molar-refractivity contribution >= 4 is 5.96 Å². The molecule has 0 aliphatic rings. The molecule has 3 N–H and O–H groups in total. The van der Waals surface area contributed by atoms with Crippen LogP contribution in [0.3, 0.4) is 0 Å². The van der Waals surface area contributed by atoms with Crippen molar-refractivity contribution in [3.63, 3.8) is 0 Å². The maximum Gasteiger partial charge on any atom is 0.208 e. The van der Waals surface area contributed by atoms with Gasteiger partial charge in [-0.25, -0.2) is 5.84 Å². The zero-order valence-corrected chi connectivity index (χ0v) is 9.39. The molecule has 0 aromatic heterocycles. The Bertz CT molecular complexity index is 169. The number of rotatable bonds is 2. The summed E-state index contributed by atoms with van der Waals surface area (Å²) in [5, 5.41) is 0. The highest BCUT2D eigenvalue weighted by atomic mass is 15.4. The van der Waals surface area contributed by atoms with Crippen LogP contribution < -0.4 is 11.3 Å². The van der Waals surface area contributed by atoms with Gasteiger partial charge in [-0.2, -0.15) is 0 Å². The zero-order valence-electron chi connectivity index (χ0n) is 9.39. The van der Waals surface area contributed by atoms with Crippen molar-refractivity contribution in [2.75, 3.05) is 20.1 Å². The lowest BCUT2D eigenvalue weighted by molar-refractivity contribution is 0.300. The van der Waals surface area contributed by atoms with E-state index >= 15 is 0 Å². The molecule has 78 valence electrons. The maximum atomic E-state index is 5.36. The van der Waals surface area contributed by atoms with Gasteiger partial charge in [0.05, 0.1) is 0 Å². The van der Waals surface area contributed by atoms with Gasteiger partial charge in [-0.3, -0.25) is 10.4 Å². The van der Waals surface area contributed by atoms with Gasteiger partial charge in [0, 0.05) is 20.1 Å². The SMILES string of the molecule is CCN=C(NN)N(C)CC(C)(C)C. The lowest BCUT2D eigenvalue weighted by Crippen LogP contribution is -2.45. The lowest BCUT2D eigenvalue weighted by atomic mass is 9.96. The van der Waals surface area contributed by atoms with Crippen LogP contribution in [0.15, 0.2) is 4.99 Å². The second kappa shape index (κ2) is 5.07. The van der Waals surface area contributed by atoms with Crippen LogP contribution in [0.1, 0.15) is 27.7 Å². The molecule has 0 amide bonds. The van der Waals surface area contributed by atoms with Gasteiger partial charge in [0.1, 0.15) is 0 Å². The number of nitrogens with two attached hydrogens (primary N) is 1. The molecule has 0 aliphatic carbocycles. The molecule has 0 spiro atoms. The average molecular weight is 186 g/mol. The van der Waals surface area contributed by atoms with E-state index in [1.807, 2.05) is 18.9 Å². The molecule has 0 bridgehead atoms. The van der Waals surface area contributed by atoms with Crippen LogP contribution in [-0.4, -0.2) is 31.0 Å². The Balaban J connectivity index is 4.22. The third-order valence-corrected chi connectivity index (χ3v) is 1.51. The summed E-state index contributed by atoms with van der Waals surface area (Å²) in [6.45, 7) is 10.2. The molecule has 0 aliphatic heterocycles. The summed E-state index contributed by atoms with van der Waals surface area (Å²) >= 11 is 0. The molecule has 0 saturated heterocycles. The Morgan fingerprint density at radius 2 is 2.00 bits per heavy atom. The molecule has 0 radical (unpaired) electrons. The van der Waals surface area contributed by atoms with Gasteiger partial charge in [-0.1, -0.05) is 20.8 Å². The maximum absolute atomic E-state index is 5.36. The number of guanidine groups is 1. The number of aliphatic imine (C=N–C) groups is 1. The van der Waals surface area contributed by atoms with Crippen LogP contribution in [0.5, 0.6) is 0 Å². The first-order valence-electron chi connectivity index (χ1n) is 4.63. The number of nitrogens with one attached hydrogen (secondary N) is 1. The highest BCUT2D eigenvalue weighted by molar-refractivity contribution is 5.79. The van der Waals surface area contributed by atoms with Crippen molar-refractivity contribution in [2.24, 2.45) is 16.3 Å². The van der Waals surface area contributed by atoms with Crippen molar-refractivity contribution in [1.29, 1.82) is 0 Å². The highest BCUT2D eigenvalue weighted by Gasteiger charge is 2.15. The third kappa shape index (κ3) is 5.47. The van der Waals surface area contributed by atoms with E-state index in [4.69, 9.17) is 5.84 Å². The van der Waals surface area contributed by atoms with Crippen LogP contribution in [0.4, 0.5) is 0 Å². The van der Waals surface area contributed by atoms with Crippen LogP contribution in [0, 0.1) is 5.41 Å². The first-order chi connectivity index (χ1) is 5.90. The van der Waals surface area contributed by atoms with Crippen molar-refractivity contribution in [3.05, 3.63) is 0 Å². The number of nitrogens with zero attached hydrogens (tertiary/aromatic N) is 2. The monoisotopic (exact) mass is 186 g/mol. The molecule has 0 rings (SSSR count). The van der Waals surface area contributed by atoms with Gasteiger partial charge in [0.25, 0.3) is 0 Å². The van der Waals surface area contributed by atoms with Gasteiger partial charge in [-0.15, -0.1) is 0 Å². The largest absolute Gasteiger partial charge is 0.344 e. The van der Waals surface area contributed by atoms with Crippen molar-refractivity contribution < 1.29 is 0 Å². The summed E-state index contributed by atoms with van der Waals surface area (Å²) in [4.78, 5) is 6.26. The van der Waals surface area contributed by atoms with Crippen LogP contribution in [0.2, 0.25) is 0 Å². The minimum atomic E-state index is 0.250. The van der Waals surface area contributed by atoms with E-state index in [0.717, 1.165) is 19.0 Å². The fourth-order valence-corrected chi connectivity index (χ4v) is 1.21. The Morgan fingerprint density at radius 1 is 1.46 bits per heavy atom. The van der Waals surface area contributed by atoms with Crippen LogP contribution in [-0.2, 0) is 0 Å². The van der Waals surface area contributed by atoms with E-state index in [-0.39, 0.29) is 5.41 Å². The molecule has 4 nitrogen and oxygen atoms in total. The Labute approximate surface area is 81.2 Å². The third-order valence-electron chi connectivity index (χ3n) is 1.51. The number of hydrogen-bond donors (Lipinski definition) is 2. The summed E-state index contributed by atoms with van der Waals surface area (Å²) in [5.74, 6) is 6.10. The Kier molecular flexibility index (Phi) is 4.77. The molecule has 0 aromatic carbocycles. The molecule has 0 aromatic rings. The molecule has 4 heteroatoms. The van der Waals surface area contributed by atoms with E-state index in [1.165, 1.54) is 0 Å². The Hall–Kier alpha value is -0.770. The first kappa shape index (κ1) is 12.2. The van der Waals surface area contributed by atoms with Crippen molar-refractivity contribution in [3.8, 4) is 0 Å². The van der Waals surface area contributed by atoms with E-state index < -0.39 is 0 Å². The van der Waals surface area contributed by atoms with Gasteiger partial charge < -0.3 is 4.90 Å². The molecule has 0 unspecified atom stereocenters. The lowest BCUT2D eigenvalue weighted by Gasteiger charge is -2.28. The Morgan fingerprint density at radius 3 is 2.31 bits per heavy atom. The number of hydrogen-bond acceptors (Lipinski definition) is 2. The van der Waals surface area contributed by atoms with E-state index in [0.29, 0.717) is 0 Å². The molecular weight excluding hydrogens is 164 g/mol. The minimum absolute atomic E-state index is 0.250. The highest BCUT2D eigenvalue weighted by Crippen LogP contribution is 2.13. The van der Waals surface area contributed by atoms with Crippen molar-refractivity contribution in [2.45, 2.75) is 27.7 Å². The van der Waals surface area contributed by atoms with Crippen molar-refractivity contribution in [1.82, 2.24) is 10.3 Å². The topological polar surface area (TPSA) is 53.6 Å². The first-order valence-corrected chi connectivity index (χ1v) is 4.63. The number of hydrazine groups is 1. The zero-order chi connectivity index (χ0) is 10.5. The predicted molar refractivity (Wildman–Crippen MR) is 57.4 cm³/mol. The molecular formula is C9H22N4. The predicted octanol–water partition coefficient (Wildman–Crippen LogP) is 0.804. The summed E-state index contributed by atoms with van der Waals surface area (Å²) in [7, 11) is 1.99.